The number of anilines is 2. The average Bonchev–Trinajstić information content (AvgIpc) is 2.92. The molecule has 0 saturated carbocycles. The Bertz CT molecular complexity index is 1160. The zero-order valence-electron chi connectivity index (χ0n) is 23.4. The molecule has 2 atom stereocenters. The molecular formula is C27H38Cl3N7O2S. The number of thioether (sulfide) groups is 1. The molecule has 0 aliphatic carbocycles. The summed E-state index contributed by atoms with van der Waals surface area (Å²) in [6, 6.07) is 6.57. The Balaban J connectivity index is 1.51. The molecule has 1 aliphatic heterocycles. The van der Waals surface area contributed by atoms with Crippen molar-refractivity contribution in [3.8, 4) is 0 Å². The monoisotopic (exact) mass is 629 g/mol. The number of piperazine rings is 1. The van der Waals surface area contributed by atoms with Gasteiger partial charge < -0.3 is 25.3 Å². The normalized spacial score (nSPS) is 16.2. The second-order valence-corrected chi connectivity index (χ2v) is 11.9. The molecule has 3 amide bonds. The quantitative estimate of drug-likeness (QED) is 0.171. The lowest BCUT2D eigenvalue weighted by atomic mass is 10.2. The van der Waals surface area contributed by atoms with Crippen molar-refractivity contribution in [1.29, 1.82) is 0 Å². The van der Waals surface area contributed by atoms with E-state index in [9.17, 15) is 9.59 Å². The molecular weight excluding hydrogens is 593 g/mol. The van der Waals surface area contributed by atoms with Crippen molar-refractivity contribution in [2.45, 2.75) is 57.8 Å². The predicted molar refractivity (Wildman–Crippen MR) is 166 cm³/mol. The molecule has 9 nitrogen and oxygen atoms in total. The van der Waals surface area contributed by atoms with Crippen LogP contribution in [0.1, 0.15) is 40.5 Å². The standard InChI is InChI=1S/C27H38Cl3N7O2S/c1-5-35(6-2)12-8-9-18(3)31-24(38)17-40-26-33-22(29)15-23(34-26)36-13-14-37(19(4)16-36)27(39)32-21-11-7-10-20(28)25(21)30/h7,10-11,15,18-19H,5-6,8-9,12-14,16-17H2,1-4H3,(H,31,38)(H,32,39). The van der Waals surface area contributed by atoms with Gasteiger partial charge in [-0.2, -0.15) is 0 Å². The summed E-state index contributed by atoms with van der Waals surface area (Å²) in [7, 11) is 0. The van der Waals surface area contributed by atoms with E-state index in [1.807, 2.05) is 13.8 Å². The minimum absolute atomic E-state index is 0.0569. The van der Waals surface area contributed by atoms with Crippen LogP contribution in [0.15, 0.2) is 29.4 Å². The van der Waals surface area contributed by atoms with E-state index in [0.29, 0.717) is 51.5 Å². The number of carbonyl (C=O) groups excluding carboxylic acids is 2. The molecule has 2 heterocycles. The van der Waals surface area contributed by atoms with Crippen LogP contribution in [0.5, 0.6) is 0 Å². The number of urea groups is 1. The summed E-state index contributed by atoms with van der Waals surface area (Å²) in [5.41, 5.74) is 0.469. The summed E-state index contributed by atoms with van der Waals surface area (Å²) in [5, 5.41) is 7.34. The lowest BCUT2D eigenvalue weighted by Crippen LogP contribution is -2.55. The Labute approximate surface area is 256 Å². The molecule has 13 heteroatoms. The van der Waals surface area contributed by atoms with E-state index in [-0.39, 0.29) is 29.8 Å². The van der Waals surface area contributed by atoms with Gasteiger partial charge in [0.15, 0.2) is 5.16 Å². The van der Waals surface area contributed by atoms with Gasteiger partial charge in [-0.1, -0.05) is 66.5 Å². The molecule has 1 saturated heterocycles. The number of hydrogen-bond acceptors (Lipinski definition) is 7. The second kappa shape index (κ2) is 15.9. The van der Waals surface area contributed by atoms with Gasteiger partial charge in [0.2, 0.25) is 5.91 Å². The van der Waals surface area contributed by atoms with Gasteiger partial charge in [-0.25, -0.2) is 14.8 Å². The minimum Gasteiger partial charge on any atom is -0.353 e. The van der Waals surface area contributed by atoms with Gasteiger partial charge >= 0.3 is 6.03 Å². The van der Waals surface area contributed by atoms with E-state index in [1.165, 1.54) is 11.8 Å². The fourth-order valence-corrected chi connectivity index (χ4v) is 5.79. The zero-order chi connectivity index (χ0) is 29.2. The third-order valence-electron chi connectivity index (χ3n) is 6.81. The Morgan fingerprint density at radius 3 is 2.62 bits per heavy atom. The van der Waals surface area contributed by atoms with E-state index in [2.05, 4.69) is 44.2 Å². The summed E-state index contributed by atoms with van der Waals surface area (Å²) in [6.45, 7) is 13.0. The van der Waals surface area contributed by atoms with Crippen LogP contribution in [0.4, 0.5) is 16.3 Å². The summed E-state index contributed by atoms with van der Waals surface area (Å²) in [4.78, 5) is 40.6. The maximum absolute atomic E-state index is 12.9. The first-order chi connectivity index (χ1) is 19.1. The first-order valence-corrected chi connectivity index (χ1v) is 15.7. The van der Waals surface area contributed by atoms with Crippen LogP contribution in [0.2, 0.25) is 15.2 Å². The average molecular weight is 631 g/mol. The van der Waals surface area contributed by atoms with E-state index < -0.39 is 0 Å². The van der Waals surface area contributed by atoms with Gasteiger partial charge in [0.05, 0.1) is 21.5 Å². The Hall–Kier alpha value is -1.98. The van der Waals surface area contributed by atoms with Gasteiger partial charge in [-0.05, 0) is 58.5 Å². The molecule has 0 spiro atoms. The minimum atomic E-state index is -0.249. The number of nitrogens with one attached hydrogen (secondary N) is 2. The zero-order valence-corrected chi connectivity index (χ0v) is 26.5. The topological polar surface area (TPSA) is 93.7 Å². The third-order valence-corrected chi connectivity index (χ3v) is 8.67. The van der Waals surface area contributed by atoms with Crippen molar-refractivity contribution in [2.75, 3.05) is 55.2 Å². The molecule has 40 heavy (non-hydrogen) atoms. The highest BCUT2D eigenvalue weighted by molar-refractivity contribution is 7.99. The van der Waals surface area contributed by atoms with E-state index in [4.69, 9.17) is 34.8 Å². The van der Waals surface area contributed by atoms with E-state index in [1.54, 1.807) is 29.2 Å². The largest absolute Gasteiger partial charge is 0.353 e. The number of benzene rings is 1. The fourth-order valence-electron chi connectivity index (χ4n) is 4.55. The highest BCUT2D eigenvalue weighted by atomic mass is 35.5. The van der Waals surface area contributed by atoms with Crippen LogP contribution < -0.4 is 15.5 Å². The van der Waals surface area contributed by atoms with Gasteiger partial charge in [0, 0.05) is 37.8 Å². The number of aromatic nitrogens is 2. The number of halogens is 3. The highest BCUT2D eigenvalue weighted by Gasteiger charge is 2.29. The molecule has 220 valence electrons. The third kappa shape index (κ3) is 9.55. The SMILES string of the molecule is CCN(CC)CCCC(C)NC(=O)CSc1nc(Cl)cc(N2CCN(C(=O)Nc3cccc(Cl)c3Cl)C(C)C2)n1. The van der Waals surface area contributed by atoms with Crippen LogP contribution >= 0.6 is 46.6 Å². The Morgan fingerprint density at radius 1 is 1.18 bits per heavy atom. The number of carbonyl (C=O) groups is 2. The number of rotatable bonds is 12. The molecule has 3 rings (SSSR count). The van der Waals surface area contributed by atoms with E-state index >= 15 is 0 Å². The number of amides is 3. The molecule has 2 aromatic rings. The van der Waals surface area contributed by atoms with Crippen LogP contribution in [-0.2, 0) is 4.79 Å². The summed E-state index contributed by atoms with van der Waals surface area (Å²) < 4.78 is 0. The molecule has 0 bridgehead atoms. The van der Waals surface area contributed by atoms with Crippen molar-refractivity contribution >= 4 is 70.0 Å². The highest BCUT2D eigenvalue weighted by Crippen LogP contribution is 2.30. The summed E-state index contributed by atoms with van der Waals surface area (Å²) >= 11 is 19.9. The summed E-state index contributed by atoms with van der Waals surface area (Å²) in [6.07, 6.45) is 1.97. The van der Waals surface area contributed by atoms with Crippen molar-refractivity contribution in [3.63, 3.8) is 0 Å². The van der Waals surface area contributed by atoms with Crippen molar-refractivity contribution in [1.82, 2.24) is 25.1 Å². The fraction of sp³-hybridized carbons (Fsp3) is 0.556. The van der Waals surface area contributed by atoms with Crippen LogP contribution in [-0.4, -0.2) is 88.8 Å². The van der Waals surface area contributed by atoms with Crippen molar-refractivity contribution in [2.24, 2.45) is 0 Å². The maximum atomic E-state index is 12.9. The van der Waals surface area contributed by atoms with Crippen molar-refractivity contribution in [3.05, 3.63) is 39.5 Å². The van der Waals surface area contributed by atoms with Crippen LogP contribution in [0.25, 0.3) is 0 Å². The molecule has 1 aromatic heterocycles. The molecule has 2 N–H and O–H groups in total. The van der Waals surface area contributed by atoms with Crippen LogP contribution in [0.3, 0.4) is 0 Å². The van der Waals surface area contributed by atoms with Gasteiger partial charge in [-0.3, -0.25) is 4.79 Å². The Kier molecular flexibility index (Phi) is 12.9. The molecule has 0 radical (unpaired) electrons. The first-order valence-electron chi connectivity index (χ1n) is 13.6. The van der Waals surface area contributed by atoms with Gasteiger partial charge in [-0.15, -0.1) is 0 Å². The smallest absolute Gasteiger partial charge is 0.322 e. The second-order valence-electron chi connectivity index (χ2n) is 9.78. The lowest BCUT2D eigenvalue weighted by Gasteiger charge is -2.40. The van der Waals surface area contributed by atoms with Crippen molar-refractivity contribution < 1.29 is 9.59 Å². The molecule has 2 unspecified atom stereocenters. The Morgan fingerprint density at radius 2 is 1.93 bits per heavy atom. The molecule has 1 aliphatic rings. The predicted octanol–water partition coefficient (Wildman–Crippen LogP) is 5.90. The van der Waals surface area contributed by atoms with Gasteiger partial charge in [0.1, 0.15) is 11.0 Å². The molecule has 1 aromatic carbocycles. The first kappa shape index (κ1) is 32.5. The van der Waals surface area contributed by atoms with E-state index in [0.717, 1.165) is 32.5 Å². The summed E-state index contributed by atoms with van der Waals surface area (Å²) in [5.74, 6) is 0.812. The maximum Gasteiger partial charge on any atom is 0.322 e. The lowest BCUT2D eigenvalue weighted by molar-refractivity contribution is -0.119. The van der Waals surface area contributed by atoms with Gasteiger partial charge in [0.25, 0.3) is 0 Å². The number of nitrogens with zero attached hydrogens (tertiary/aromatic N) is 5. The molecule has 1 fully saturated rings. The number of hydrogen-bond donors (Lipinski definition) is 2. The van der Waals surface area contributed by atoms with Crippen LogP contribution in [0, 0.1) is 0 Å².